The molecule has 0 saturated carbocycles. The number of allylic oxidation sites excluding steroid dienone is 2. The van der Waals surface area contributed by atoms with Crippen LogP contribution in [0.5, 0.6) is 0 Å². The van der Waals surface area contributed by atoms with Gasteiger partial charge in [0.2, 0.25) is 6.33 Å². The summed E-state index contributed by atoms with van der Waals surface area (Å²) in [7, 11) is 0. The summed E-state index contributed by atoms with van der Waals surface area (Å²) >= 11 is 0. The van der Waals surface area contributed by atoms with Crippen molar-refractivity contribution in [1.29, 1.82) is 0 Å². The SMILES string of the molecule is CC(C)/C=C/Cn1cc[n+](Cc2ccccc2Cn2ccnc2)c1. The summed E-state index contributed by atoms with van der Waals surface area (Å²) in [4.78, 5) is 4.12. The van der Waals surface area contributed by atoms with Gasteiger partial charge in [-0.1, -0.05) is 44.2 Å². The number of benzene rings is 1. The van der Waals surface area contributed by atoms with Crippen LogP contribution in [-0.2, 0) is 19.6 Å². The van der Waals surface area contributed by atoms with Gasteiger partial charge in [-0.05, 0) is 23.1 Å². The van der Waals surface area contributed by atoms with Crippen molar-refractivity contribution >= 4 is 0 Å². The van der Waals surface area contributed by atoms with E-state index in [1.54, 1.807) is 0 Å². The number of nitrogens with zero attached hydrogens (tertiary/aromatic N) is 4. The molecule has 3 aromatic rings. The molecule has 0 unspecified atom stereocenters. The van der Waals surface area contributed by atoms with E-state index in [0.29, 0.717) is 5.92 Å². The van der Waals surface area contributed by atoms with Crippen LogP contribution < -0.4 is 4.57 Å². The van der Waals surface area contributed by atoms with E-state index in [-0.39, 0.29) is 0 Å². The van der Waals surface area contributed by atoms with Gasteiger partial charge in [-0.2, -0.15) is 0 Å². The summed E-state index contributed by atoms with van der Waals surface area (Å²) in [5.41, 5.74) is 2.67. The Morgan fingerprint density at radius 1 is 1.12 bits per heavy atom. The van der Waals surface area contributed by atoms with Crippen LogP contribution in [0.25, 0.3) is 0 Å². The average Bonchev–Trinajstić information content (AvgIpc) is 3.21. The maximum absolute atomic E-state index is 4.12. The predicted molar refractivity (Wildman–Crippen MR) is 95.5 cm³/mol. The van der Waals surface area contributed by atoms with Crippen LogP contribution in [0.3, 0.4) is 0 Å². The zero-order chi connectivity index (χ0) is 16.8. The third-order valence-electron chi connectivity index (χ3n) is 3.97. The highest BCUT2D eigenvalue weighted by Crippen LogP contribution is 2.10. The molecule has 124 valence electrons. The summed E-state index contributed by atoms with van der Waals surface area (Å²) in [6.45, 7) is 7.05. The van der Waals surface area contributed by atoms with Crippen LogP contribution in [0.2, 0.25) is 0 Å². The van der Waals surface area contributed by atoms with Crippen molar-refractivity contribution in [3.05, 3.63) is 85.0 Å². The normalized spacial score (nSPS) is 11.6. The minimum atomic E-state index is 0.600. The largest absolute Gasteiger partial charge is 0.333 e. The molecule has 0 radical (unpaired) electrons. The van der Waals surface area contributed by atoms with Gasteiger partial charge in [0.15, 0.2) is 0 Å². The summed E-state index contributed by atoms with van der Waals surface area (Å²) in [5, 5.41) is 0. The first-order chi connectivity index (χ1) is 11.7. The van der Waals surface area contributed by atoms with Gasteiger partial charge in [0.05, 0.1) is 6.33 Å². The highest BCUT2D eigenvalue weighted by atomic mass is 15.1. The zero-order valence-corrected chi connectivity index (χ0v) is 14.4. The van der Waals surface area contributed by atoms with Crippen LogP contribution in [0.4, 0.5) is 0 Å². The fraction of sp³-hybridized carbons (Fsp3) is 0.300. The van der Waals surface area contributed by atoms with E-state index in [2.05, 4.69) is 87.7 Å². The molecule has 0 spiro atoms. The van der Waals surface area contributed by atoms with Gasteiger partial charge >= 0.3 is 0 Å². The van der Waals surface area contributed by atoms with Gasteiger partial charge in [0, 0.05) is 18.9 Å². The molecule has 0 N–H and O–H groups in total. The molecule has 0 amide bonds. The number of hydrogen-bond donors (Lipinski definition) is 0. The van der Waals surface area contributed by atoms with Crippen molar-refractivity contribution in [3.63, 3.8) is 0 Å². The Kier molecular flexibility index (Phi) is 5.26. The zero-order valence-electron chi connectivity index (χ0n) is 14.4. The van der Waals surface area contributed by atoms with Gasteiger partial charge in [-0.15, -0.1) is 0 Å². The van der Waals surface area contributed by atoms with Crippen molar-refractivity contribution in [1.82, 2.24) is 14.1 Å². The molecule has 0 saturated heterocycles. The predicted octanol–water partition coefficient (Wildman–Crippen LogP) is 3.28. The molecule has 2 heterocycles. The van der Waals surface area contributed by atoms with Gasteiger partial charge in [-0.25, -0.2) is 14.1 Å². The Labute approximate surface area is 143 Å². The quantitative estimate of drug-likeness (QED) is 0.484. The van der Waals surface area contributed by atoms with Gasteiger partial charge in [0.25, 0.3) is 0 Å². The van der Waals surface area contributed by atoms with Crippen molar-refractivity contribution in [2.24, 2.45) is 5.92 Å². The molecule has 0 atom stereocenters. The van der Waals surface area contributed by atoms with E-state index >= 15 is 0 Å². The van der Waals surface area contributed by atoms with Crippen LogP contribution in [0.1, 0.15) is 25.0 Å². The van der Waals surface area contributed by atoms with Crippen LogP contribution >= 0.6 is 0 Å². The summed E-state index contributed by atoms with van der Waals surface area (Å²) in [5.74, 6) is 0.600. The van der Waals surface area contributed by atoms with Gasteiger partial charge < -0.3 is 4.57 Å². The summed E-state index contributed by atoms with van der Waals surface area (Å²) in [6.07, 6.45) is 16.6. The van der Waals surface area contributed by atoms with E-state index in [1.807, 2.05) is 18.7 Å². The first-order valence-corrected chi connectivity index (χ1v) is 8.45. The van der Waals surface area contributed by atoms with Gasteiger partial charge in [0.1, 0.15) is 25.5 Å². The van der Waals surface area contributed by atoms with Crippen molar-refractivity contribution < 1.29 is 4.57 Å². The lowest BCUT2D eigenvalue weighted by molar-refractivity contribution is -0.687. The molecular weight excluding hydrogens is 296 g/mol. The second kappa shape index (κ2) is 7.77. The first-order valence-electron chi connectivity index (χ1n) is 8.45. The molecule has 0 fully saturated rings. The molecule has 2 aromatic heterocycles. The monoisotopic (exact) mass is 321 g/mol. The number of hydrogen-bond acceptors (Lipinski definition) is 1. The summed E-state index contributed by atoms with van der Waals surface area (Å²) < 4.78 is 6.54. The average molecular weight is 321 g/mol. The van der Waals surface area contributed by atoms with E-state index in [9.17, 15) is 0 Å². The standard InChI is InChI=1S/C20H25N4/c1-18(2)6-5-10-22-12-13-24(17-22)15-20-8-4-3-7-19(20)14-23-11-9-21-16-23/h3-9,11-13,16-18H,10,14-15H2,1-2H3/q+1/b6-5+. The third-order valence-corrected chi connectivity index (χ3v) is 3.97. The fourth-order valence-electron chi connectivity index (χ4n) is 2.73. The highest BCUT2D eigenvalue weighted by Gasteiger charge is 2.08. The Morgan fingerprint density at radius 2 is 1.96 bits per heavy atom. The topological polar surface area (TPSA) is 26.6 Å². The van der Waals surface area contributed by atoms with E-state index in [4.69, 9.17) is 0 Å². The lowest BCUT2D eigenvalue weighted by Gasteiger charge is -2.08. The number of aromatic nitrogens is 4. The molecule has 3 rings (SSSR count). The smallest absolute Gasteiger partial charge is 0.244 e. The van der Waals surface area contributed by atoms with Crippen LogP contribution in [0, 0.1) is 5.92 Å². The van der Waals surface area contributed by atoms with Crippen molar-refractivity contribution in [2.45, 2.75) is 33.5 Å². The Hall–Kier alpha value is -2.62. The molecule has 4 nitrogen and oxygen atoms in total. The molecule has 0 aliphatic carbocycles. The lowest BCUT2D eigenvalue weighted by Crippen LogP contribution is -2.32. The first kappa shape index (κ1) is 16.2. The molecule has 24 heavy (non-hydrogen) atoms. The molecule has 0 aliphatic heterocycles. The van der Waals surface area contributed by atoms with E-state index < -0.39 is 0 Å². The van der Waals surface area contributed by atoms with E-state index in [0.717, 1.165) is 19.6 Å². The maximum Gasteiger partial charge on any atom is 0.244 e. The van der Waals surface area contributed by atoms with E-state index in [1.165, 1.54) is 11.1 Å². The summed E-state index contributed by atoms with van der Waals surface area (Å²) in [6, 6.07) is 8.60. The van der Waals surface area contributed by atoms with Crippen LogP contribution in [-0.4, -0.2) is 14.1 Å². The fourth-order valence-corrected chi connectivity index (χ4v) is 2.73. The Bertz CT molecular complexity index is 782. The molecule has 0 bridgehead atoms. The van der Waals surface area contributed by atoms with Gasteiger partial charge in [-0.3, -0.25) is 0 Å². The molecular formula is C20H25N4+. The van der Waals surface area contributed by atoms with Crippen molar-refractivity contribution in [2.75, 3.05) is 0 Å². The Balaban J connectivity index is 1.69. The number of rotatable bonds is 7. The second-order valence-electron chi connectivity index (χ2n) is 6.46. The number of imidazole rings is 2. The third kappa shape index (κ3) is 4.44. The minimum absolute atomic E-state index is 0.600. The minimum Gasteiger partial charge on any atom is -0.333 e. The Morgan fingerprint density at radius 3 is 2.71 bits per heavy atom. The second-order valence-corrected chi connectivity index (χ2v) is 6.46. The van der Waals surface area contributed by atoms with Crippen molar-refractivity contribution in [3.8, 4) is 0 Å². The maximum atomic E-state index is 4.12. The van der Waals surface area contributed by atoms with Crippen LogP contribution in [0.15, 0.2) is 73.9 Å². The molecule has 4 heteroatoms. The molecule has 1 aromatic carbocycles. The molecule has 0 aliphatic rings. The lowest BCUT2D eigenvalue weighted by atomic mass is 10.1. The highest BCUT2D eigenvalue weighted by molar-refractivity contribution is 5.26.